The smallest absolute Gasteiger partial charge is 0.163 e. The van der Waals surface area contributed by atoms with E-state index < -0.39 is 11.6 Å². The van der Waals surface area contributed by atoms with Gasteiger partial charge in [0.05, 0.1) is 25.9 Å². The summed E-state index contributed by atoms with van der Waals surface area (Å²) in [5.74, 6) is -0.129. The second-order valence-corrected chi connectivity index (χ2v) is 6.01. The molecule has 2 unspecified atom stereocenters. The van der Waals surface area contributed by atoms with Gasteiger partial charge in [0.15, 0.2) is 11.6 Å². The van der Waals surface area contributed by atoms with Crippen LogP contribution in [-0.4, -0.2) is 37.5 Å². The number of hydrogen-bond donors (Lipinski definition) is 0. The third kappa shape index (κ3) is 3.19. The van der Waals surface area contributed by atoms with Gasteiger partial charge in [-0.25, -0.2) is 0 Å². The van der Waals surface area contributed by atoms with Gasteiger partial charge in [-0.2, -0.15) is 0 Å². The van der Waals surface area contributed by atoms with Crippen LogP contribution < -0.4 is 0 Å². The molecule has 2 aliphatic rings. The largest absolute Gasteiger partial charge is 0.350 e. The maximum absolute atomic E-state index is 5.88. The predicted octanol–water partition coefficient (Wildman–Crippen LogP) is 2.17. The van der Waals surface area contributed by atoms with Crippen LogP contribution in [0.4, 0.5) is 0 Å². The molecule has 2 saturated heterocycles. The van der Waals surface area contributed by atoms with Crippen molar-refractivity contribution in [3.63, 3.8) is 0 Å². The van der Waals surface area contributed by atoms with Gasteiger partial charge in [0.25, 0.3) is 0 Å². The fraction of sp³-hybridized carbons (Fsp3) is 1.00. The van der Waals surface area contributed by atoms with Gasteiger partial charge in [-0.3, -0.25) is 0 Å². The molecule has 2 heterocycles. The van der Waals surface area contributed by atoms with Crippen molar-refractivity contribution in [1.82, 2.24) is 0 Å². The second-order valence-electron chi connectivity index (χ2n) is 6.01. The van der Waals surface area contributed by atoms with Crippen LogP contribution >= 0.6 is 0 Å². The van der Waals surface area contributed by atoms with Gasteiger partial charge in [0.2, 0.25) is 0 Å². The highest BCUT2D eigenvalue weighted by Crippen LogP contribution is 2.33. The molecule has 0 aromatic rings. The normalized spacial score (nSPS) is 34.8. The first-order chi connectivity index (χ1) is 7.79. The Balaban J connectivity index is 1.87. The van der Waals surface area contributed by atoms with Crippen molar-refractivity contribution in [1.29, 1.82) is 0 Å². The topological polar surface area (TPSA) is 36.9 Å². The van der Waals surface area contributed by atoms with Crippen LogP contribution in [0, 0.1) is 11.8 Å². The standard InChI is InChI=1S/C13H24O4/c1-9(11-8-16-13(4,5)17-11)10-6-14-12(2,3)15-7-10/h9-11H,6-8H2,1-5H3. The minimum absolute atomic E-state index is 0.142. The van der Waals surface area contributed by atoms with Crippen LogP contribution in [0.15, 0.2) is 0 Å². The van der Waals surface area contributed by atoms with E-state index in [1.165, 1.54) is 0 Å². The van der Waals surface area contributed by atoms with E-state index in [1.54, 1.807) is 0 Å². The molecule has 0 radical (unpaired) electrons. The summed E-state index contributed by atoms with van der Waals surface area (Å²) >= 11 is 0. The summed E-state index contributed by atoms with van der Waals surface area (Å²) in [6.45, 7) is 12.1. The van der Waals surface area contributed by atoms with E-state index in [9.17, 15) is 0 Å². The van der Waals surface area contributed by atoms with Gasteiger partial charge in [-0.1, -0.05) is 6.92 Å². The Morgan fingerprint density at radius 3 is 1.88 bits per heavy atom. The van der Waals surface area contributed by atoms with E-state index in [4.69, 9.17) is 18.9 Å². The van der Waals surface area contributed by atoms with Crippen LogP contribution in [0.1, 0.15) is 34.6 Å². The number of rotatable bonds is 2. The molecule has 0 bridgehead atoms. The van der Waals surface area contributed by atoms with Crippen molar-refractivity contribution in [2.75, 3.05) is 19.8 Å². The molecule has 0 saturated carbocycles. The lowest BCUT2D eigenvalue weighted by Gasteiger charge is -2.38. The molecule has 0 aromatic carbocycles. The van der Waals surface area contributed by atoms with Crippen molar-refractivity contribution in [2.45, 2.75) is 52.3 Å². The first-order valence-electron chi connectivity index (χ1n) is 6.39. The molecule has 0 N–H and O–H groups in total. The van der Waals surface area contributed by atoms with E-state index in [2.05, 4.69) is 6.92 Å². The molecule has 0 amide bonds. The highest BCUT2D eigenvalue weighted by molar-refractivity contribution is 4.82. The monoisotopic (exact) mass is 244 g/mol. The summed E-state index contributed by atoms with van der Waals surface area (Å²) in [4.78, 5) is 0. The lowest BCUT2D eigenvalue weighted by atomic mass is 9.90. The molecule has 4 heteroatoms. The molecule has 2 rings (SSSR count). The van der Waals surface area contributed by atoms with Gasteiger partial charge in [-0.05, 0) is 33.6 Å². The first-order valence-corrected chi connectivity index (χ1v) is 6.39. The molecule has 2 atom stereocenters. The zero-order valence-corrected chi connectivity index (χ0v) is 11.5. The summed E-state index contributed by atoms with van der Waals surface area (Å²) in [6, 6.07) is 0. The average molecular weight is 244 g/mol. The third-order valence-electron chi connectivity index (χ3n) is 3.65. The Morgan fingerprint density at radius 1 is 0.882 bits per heavy atom. The van der Waals surface area contributed by atoms with Crippen LogP contribution in [0.25, 0.3) is 0 Å². The SMILES string of the molecule is CC(C1COC(C)(C)OC1)C1COC(C)(C)O1. The Hall–Kier alpha value is -0.160. The van der Waals surface area contributed by atoms with Crippen molar-refractivity contribution >= 4 is 0 Å². The van der Waals surface area contributed by atoms with Gasteiger partial charge in [0.1, 0.15) is 0 Å². The van der Waals surface area contributed by atoms with E-state index in [1.807, 2.05) is 27.7 Å². The molecule has 4 nitrogen and oxygen atoms in total. The molecule has 0 spiro atoms. The van der Waals surface area contributed by atoms with E-state index >= 15 is 0 Å². The Kier molecular flexibility index (Phi) is 3.51. The molecule has 0 aromatic heterocycles. The van der Waals surface area contributed by atoms with Gasteiger partial charge in [0, 0.05) is 5.92 Å². The van der Waals surface area contributed by atoms with Crippen molar-refractivity contribution in [2.24, 2.45) is 11.8 Å². The molecule has 0 aliphatic carbocycles. The lowest BCUT2D eigenvalue weighted by Crippen LogP contribution is -2.44. The Labute approximate surface area is 104 Å². The first kappa shape index (κ1) is 13.3. The van der Waals surface area contributed by atoms with Crippen LogP contribution in [0.3, 0.4) is 0 Å². The molecular weight excluding hydrogens is 220 g/mol. The second kappa shape index (κ2) is 4.50. The number of hydrogen-bond acceptors (Lipinski definition) is 4. The van der Waals surface area contributed by atoms with Crippen LogP contribution in [-0.2, 0) is 18.9 Å². The summed E-state index contributed by atoms with van der Waals surface area (Å²) in [7, 11) is 0. The van der Waals surface area contributed by atoms with Crippen molar-refractivity contribution in [3.8, 4) is 0 Å². The number of ether oxygens (including phenoxy) is 4. The Bertz CT molecular complexity index is 265. The maximum Gasteiger partial charge on any atom is 0.163 e. The predicted molar refractivity (Wildman–Crippen MR) is 63.5 cm³/mol. The van der Waals surface area contributed by atoms with E-state index in [0.717, 1.165) is 13.2 Å². The van der Waals surface area contributed by atoms with Gasteiger partial charge in [-0.15, -0.1) is 0 Å². The highest BCUT2D eigenvalue weighted by Gasteiger charge is 2.40. The zero-order chi connectivity index (χ0) is 12.7. The van der Waals surface area contributed by atoms with E-state index in [-0.39, 0.29) is 6.10 Å². The molecule has 17 heavy (non-hydrogen) atoms. The quantitative estimate of drug-likeness (QED) is 0.746. The Morgan fingerprint density at radius 2 is 1.41 bits per heavy atom. The minimum atomic E-state index is -0.450. The lowest BCUT2D eigenvalue weighted by molar-refractivity contribution is -0.271. The van der Waals surface area contributed by atoms with Gasteiger partial charge < -0.3 is 18.9 Å². The molecule has 100 valence electrons. The van der Waals surface area contributed by atoms with Crippen LogP contribution in [0.2, 0.25) is 0 Å². The molecule has 2 fully saturated rings. The summed E-state index contributed by atoms with van der Waals surface area (Å²) in [5.41, 5.74) is 0. The summed E-state index contributed by atoms with van der Waals surface area (Å²) < 4.78 is 22.9. The third-order valence-corrected chi connectivity index (χ3v) is 3.65. The summed E-state index contributed by atoms with van der Waals surface area (Å²) in [6.07, 6.45) is 0.142. The maximum atomic E-state index is 5.88. The van der Waals surface area contributed by atoms with Crippen molar-refractivity contribution < 1.29 is 18.9 Å². The molecule has 2 aliphatic heterocycles. The fourth-order valence-electron chi connectivity index (χ4n) is 2.29. The fourth-order valence-corrected chi connectivity index (χ4v) is 2.29. The zero-order valence-electron chi connectivity index (χ0n) is 11.5. The van der Waals surface area contributed by atoms with Crippen molar-refractivity contribution in [3.05, 3.63) is 0 Å². The van der Waals surface area contributed by atoms with E-state index in [0.29, 0.717) is 18.4 Å². The van der Waals surface area contributed by atoms with Crippen LogP contribution in [0.5, 0.6) is 0 Å². The molecular formula is C13H24O4. The average Bonchev–Trinajstić information content (AvgIpc) is 2.58. The summed E-state index contributed by atoms with van der Waals surface area (Å²) in [5, 5.41) is 0. The minimum Gasteiger partial charge on any atom is -0.350 e. The highest BCUT2D eigenvalue weighted by atomic mass is 16.7. The van der Waals surface area contributed by atoms with Gasteiger partial charge >= 0.3 is 0 Å².